The Bertz CT molecular complexity index is 276. The number of rotatable bonds is 3. The first-order valence-electron chi connectivity index (χ1n) is 4.72. The summed E-state index contributed by atoms with van der Waals surface area (Å²) < 4.78 is 0. The number of hydrogen-bond donors (Lipinski definition) is 1. The monoisotopic (exact) mass is 198 g/mol. The molecule has 0 spiro atoms. The van der Waals surface area contributed by atoms with E-state index in [9.17, 15) is 0 Å². The molecule has 0 aliphatic rings. The predicted molar refractivity (Wildman–Crippen MR) is 58.3 cm³/mol. The van der Waals surface area contributed by atoms with Crippen LogP contribution in [0, 0.1) is 6.92 Å². The highest BCUT2D eigenvalue weighted by Crippen LogP contribution is 2.24. The summed E-state index contributed by atoms with van der Waals surface area (Å²) in [5.74, 6) is 0.526. The lowest BCUT2D eigenvalue weighted by Gasteiger charge is -2.01. The van der Waals surface area contributed by atoms with E-state index in [2.05, 4.69) is 25.8 Å². The van der Waals surface area contributed by atoms with Crippen molar-refractivity contribution < 1.29 is 0 Å². The molecule has 2 N–H and O–H groups in total. The summed E-state index contributed by atoms with van der Waals surface area (Å²) >= 11 is 1.78. The van der Waals surface area contributed by atoms with Crippen molar-refractivity contribution in [1.82, 2.24) is 4.98 Å². The van der Waals surface area contributed by atoms with Crippen molar-refractivity contribution in [2.75, 3.05) is 0 Å². The van der Waals surface area contributed by atoms with Crippen LogP contribution in [0.2, 0.25) is 0 Å². The fraction of sp³-hybridized carbons (Fsp3) is 0.700. The predicted octanol–water partition coefficient (Wildman–Crippen LogP) is 2.46. The Hall–Kier alpha value is -0.410. The van der Waals surface area contributed by atoms with Gasteiger partial charge in [0.25, 0.3) is 0 Å². The quantitative estimate of drug-likeness (QED) is 0.810. The maximum atomic E-state index is 5.73. The summed E-state index contributed by atoms with van der Waals surface area (Å²) in [6, 6.07) is 0.213. The first kappa shape index (κ1) is 10.7. The Morgan fingerprint density at radius 3 is 2.38 bits per heavy atom. The molecule has 1 unspecified atom stereocenters. The molecule has 0 saturated carbocycles. The second-order valence-electron chi connectivity index (χ2n) is 3.89. The average Bonchev–Trinajstić information content (AvgIpc) is 2.29. The van der Waals surface area contributed by atoms with Crippen molar-refractivity contribution in [3.05, 3.63) is 15.6 Å². The number of nitrogens with two attached hydrogens (primary N) is 1. The molecule has 1 atom stereocenters. The molecule has 3 heteroatoms. The van der Waals surface area contributed by atoms with Crippen molar-refractivity contribution in [2.24, 2.45) is 5.73 Å². The largest absolute Gasteiger partial charge is 0.328 e. The smallest absolute Gasteiger partial charge is 0.0946 e. The highest BCUT2D eigenvalue weighted by Gasteiger charge is 2.11. The van der Waals surface area contributed by atoms with Crippen molar-refractivity contribution in [1.29, 1.82) is 0 Å². The van der Waals surface area contributed by atoms with Gasteiger partial charge >= 0.3 is 0 Å². The van der Waals surface area contributed by atoms with Crippen LogP contribution in [-0.2, 0) is 6.42 Å². The molecule has 74 valence electrons. The van der Waals surface area contributed by atoms with E-state index in [1.165, 1.54) is 15.6 Å². The molecule has 13 heavy (non-hydrogen) atoms. The standard InChI is InChI=1S/C10H18N2S/c1-6(2)10-8(4)13-9(12-10)5-7(3)11/h6-7H,5,11H2,1-4H3. The van der Waals surface area contributed by atoms with Crippen LogP contribution in [0.1, 0.15) is 42.3 Å². The van der Waals surface area contributed by atoms with Crippen LogP contribution in [0.25, 0.3) is 0 Å². The van der Waals surface area contributed by atoms with Crippen molar-refractivity contribution >= 4 is 11.3 Å². The second kappa shape index (κ2) is 4.20. The molecule has 0 saturated heterocycles. The van der Waals surface area contributed by atoms with Crippen LogP contribution in [0.3, 0.4) is 0 Å². The van der Waals surface area contributed by atoms with Gasteiger partial charge in [0.05, 0.1) is 10.7 Å². The Labute approximate surface area is 84.2 Å². The van der Waals surface area contributed by atoms with Gasteiger partial charge in [0.2, 0.25) is 0 Å². The zero-order valence-corrected chi connectivity index (χ0v) is 9.61. The van der Waals surface area contributed by atoms with Gasteiger partial charge in [-0.3, -0.25) is 0 Å². The fourth-order valence-corrected chi connectivity index (χ4v) is 2.59. The second-order valence-corrected chi connectivity index (χ2v) is 5.17. The van der Waals surface area contributed by atoms with Gasteiger partial charge < -0.3 is 5.73 Å². The lowest BCUT2D eigenvalue weighted by molar-refractivity contribution is 0.724. The van der Waals surface area contributed by atoms with Gasteiger partial charge in [-0.05, 0) is 19.8 Å². The molecular weight excluding hydrogens is 180 g/mol. The van der Waals surface area contributed by atoms with Crippen molar-refractivity contribution in [3.63, 3.8) is 0 Å². The van der Waals surface area contributed by atoms with E-state index in [-0.39, 0.29) is 6.04 Å². The molecule has 0 aliphatic heterocycles. The minimum atomic E-state index is 0.213. The van der Waals surface area contributed by atoms with Crippen LogP contribution in [0.5, 0.6) is 0 Å². The summed E-state index contributed by atoms with van der Waals surface area (Å²) in [6.07, 6.45) is 0.901. The topological polar surface area (TPSA) is 38.9 Å². The van der Waals surface area contributed by atoms with Crippen LogP contribution in [0.4, 0.5) is 0 Å². The van der Waals surface area contributed by atoms with E-state index in [1.54, 1.807) is 11.3 Å². The number of aromatic nitrogens is 1. The minimum absolute atomic E-state index is 0.213. The van der Waals surface area contributed by atoms with E-state index in [0.717, 1.165) is 6.42 Å². The summed E-state index contributed by atoms with van der Waals surface area (Å²) in [6.45, 7) is 8.51. The molecule has 0 bridgehead atoms. The molecule has 1 rings (SSSR count). The van der Waals surface area contributed by atoms with Crippen LogP contribution >= 0.6 is 11.3 Å². The zero-order chi connectivity index (χ0) is 10.0. The van der Waals surface area contributed by atoms with Crippen molar-refractivity contribution in [3.8, 4) is 0 Å². The molecule has 0 aliphatic carbocycles. The van der Waals surface area contributed by atoms with Crippen LogP contribution < -0.4 is 5.73 Å². The van der Waals surface area contributed by atoms with Crippen molar-refractivity contribution in [2.45, 2.75) is 46.1 Å². The normalized spacial score (nSPS) is 13.7. The lowest BCUT2D eigenvalue weighted by Crippen LogP contribution is -2.17. The molecule has 2 nitrogen and oxygen atoms in total. The third kappa shape index (κ3) is 2.78. The Balaban J connectivity index is 2.82. The fourth-order valence-electron chi connectivity index (χ4n) is 1.36. The molecule has 1 aromatic heterocycles. The van der Waals surface area contributed by atoms with Crippen LogP contribution in [-0.4, -0.2) is 11.0 Å². The third-order valence-corrected chi connectivity index (χ3v) is 2.93. The van der Waals surface area contributed by atoms with Crippen LogP contribution in [0.15, 0.2) is 0 Å². The SMILES string of the molecule is Cc1sc(CC(C)N)nc1C(C)C. The first-order chi connectivity index (χ1) is 6.00. The van der Waals surface area contributed by atoms with E-state index in [0.29, 0.717) is 5.92 Å². The molecule has 0 fully saturated rings. The van der Waals surface area contributed by atoms with E-state index < -0.39 is 0 Å². The Kier molecular flexibility index (Phi) is 3.45. The number of hydrogen-bond acceptors (Lipinski definition) is 3. The molecule has 0 amide bonds. The first-order valence-corrected chi connectivity index (χ1v) is 5.54. The zero-order valence-electron chi connectivity index (χ0n) is 8.79. The molecular formula is C10H18N2S. The van der Waals surface area contributed by atoms with Gasteiger partial charge in [-0.25, -0.2) is 4.98 Å². The van der Waals surface area contributed by atoms with Gasteiger partial charge in [0.15, 0.2) is 0 Å². The molecule has 1 aromatic rings. The number of aryl methyl sites for hydroxylation is 1. The average molecular weight is 198 g/mol. The summed E-state index contributed by atoms with van der Waals surface area (Å²) in [5.41, 5.74) is 6.96. The highest BCUT2D eigenvalue weighted by atomic mass is 32.1. The molecule has 0 radical (unpaired) electrons. The highest BCUT2D eigenvalue weighted by molar-refractivity contribution is 7.11. The minimum Gasteiger partial charge on any atom is -0.328 e. The van der Waals surface area contributed by atoms with E-state index >= 15 is 0 Å². The molecule has 0 aromatic carbocycles. The Morgan fingerprint density at radius 2 is 2.00 bits per heavy atom. The van der Waals surface area contributed by atoms with Gasteiger partial charge in [0, 0.05) is 17.3 Å². The third-order valence-electron chi connectivity index (χ3n) is 1.92. The maximum Gasteiger partial charge on any atom is 0.0946 e. The van der Waals surface area contributed by atoms with Gasteiger partial charge in [-0.1, -0.05) is 13.8 Å². The maximum absolute atomic E-state index is 5.73. The van der Waals surface area contributed by atoms with Gasteiger partial charge in [-0.2, -0.15) is 0 Å². The number of nitrogens with zero attached hydrogens (tertiary/aromatic N) is 1. The summed E-state index contributed by atoms with van der Waals surface area (Å²) in [7, 11) is 0. The van der Waals surface area contributed by atoms with E-state index in [4.69, 9.17) is 5.73 Å². The lowest BCUT2D eigenvalue weighted by atomic mass is 10.1. The van der Waals surface area contributed by atoms with E-state index in [1.807, 2.05) is 6.92 Å². The molecule has 1 heterocycles. The van der Waals surface area contributed by atoms with Gasteiger partial charge in [-0.15, -0.1) is 11.3 Å². The summed E-state index contributed by atoms with van der Waals surface area (Å²) in [5, 5.41) is 1.18. The van der Waals surface area contributed by atoms with Gasteiger partial charge in [0.1, 0.15) is 0 Å². The Morgan fingerprint density at radius 1 is 1.38 bits per heavy atom. The summed E-state index contributed by atoms with van der Waals surface area (Å²) in [4.78, 5) is 5.93. The number of thiazole rings is 1.